The van der Waals surface area contributed by atoms with Crippen LogP contribution in [0.4, 0.5) is 0 Å². The van der Waals surface area contributed by atoms with Crippen molar-refractivity contribution in [3.05, 3.63) is 64.2 Å². The molecule has 2 aromatic rings. The fourth-order valence-electron chi connectivity index (χ4n) is 1.92. The van der Waals surface area contributed by atoms with Crippen LogP contribution in [-0.2, 0) is 6.61 Å². The molecule has 0 atom stereocenters. The van der Waals surface area contributed by atoms with Crippen molar-refractivity contribution in [3.63, 3.8) is 0 Å². The van der Waals surface area contributed by atoms with Crippen molar-refractivity contribution in [3.8, 4) is 5.75 Å². The van der Waals surface area contributed by atoms with Gasteiger partial charge in [-0.15, -0.1) is 0 Å². The van der Waals surface area contributed by atoms with Crippen molar-refractivity contribution in [2.45, 2.75) is 26.4 Å². The summed E-state index contributed by atoms with van der Waals surface area (Å²) in [5.41, 5.74) is 2.14. The van der Waals surface area contributed by atoms with E-state index in [1.54, 1.807) is 6.07 Å². The Morgan fingerprint density at radius 2 is 2.00 bits per heavy atom. The van der Waals surface area contributed by atoms with Gasteiger partial charge in [-0.2, -0.15) is 0 Å². The predicted molar refractivity (Wildman–Crippen MR) is 83.3 cm³/mol. The number of carboxylic acids is 1. The summed E-state index contributed by atoms with van der Waals surface area (Å²) in [6, 6.07) is 12.6. The Balaban J connectivity index is 2.09. The second-order valence-electron chi connectivity index (χ2n) is 5.13. The van der Waals surface area contributed by atoms with Gasteiger partial charge in [0, 0.05) is 10.6 Å². The summed E-state index contributed by atoms with van der Waals surface area (Å²) in [5.74, 6) is 0.223. The van der Waals surface area contributed by atoms with Crippen LogP contribution in [0, 0.1) is 0 Å². The molecule has 0 bridgehead atoms. The summed E-state index contributed by atoms with van der Waals surface area (Å²) >= 11 is 6.08. The first-order chi connectivity index (χ1) is 9.97. The van der Waals surface area contributed by atoms with Gasteiger partial charge in [0.05, 0.1) is 5.56 Å². The molecule has 0 aliphatic carbocycles. The molecule has 0 saturated heterocycles. The van der Waals surface area contributed by atoms with E-state index in [1.165, 1.54) is 17.7 Å². The van der Waals surface area contributed by atoms with Gasteiger partial charge in [0.15, 0.2) is 0 Å². The third-order valence-corrected chi connectivity index (χ3v) is 3.57. The highest BCUT2D eigenvalue weighted by molar-refractivity contribution is 6.31. The first kappa shape index (κ1) is 15.4. The maximum atomic E-state index is 10.9. The van der Waals surface area contributed by atoms with E-state index in [0.29, 0.717) is 17.5 Å². The van der Waals surface area contributed by atoms with Gasteiger partial charge >= 0.3 is 5.97 Å². The third-order valence-electron chi connectivity index (χ3n) is 3.22. The third kappa shape index (κ3) is 3.99. The summed E-state index contributed by atoms with van der Waals surface area (Å²) < 4.78 is 5.73. The van der Waals surface area contributed by atoms with Crippen LogP contribution in [0.15, 0.2) is 42.5 Å². The molecule has 1 N–H and O–H groups in total. The van der Waals surface area contributed by atoms with E-state index in [1.807, 2.05) is 18.2 Å². The predicted octanol–water partition coefficient (Wildman–Crippen LogP) is 4.74. The van der Waals surface area contributed by atoms with Crippen LogP contribution < -0.4 is 4.74 Å². The molecule has 0 aliphatic heterocycles. The number of rotatable bonds is 5. The maximum absolute atomic E-state index is 10.9. The van der Waals surface area contributed by atoms with E-state index in [9.17, 15) is 4.79 Å². The van der Waals surface area contributed by atoms with E-state index in [4.69, 9.17) is 21.4 Å². The number of halogens is 1. The Morgan fingerprint density at radius 1 is 1.24 bits per heavy atom. The molecule has 3 nitrogen and oxygen atoms in total. The summed E-state index contributed by atoms with van der Waals surface area (Å²) in [7, 11) is 0. The lowest BCUT2D eigenvalue weighted by Gasteiger charge is -2.11. The lowest BCUT2D eigenvalue weighted by molar-refractivity contribution is 0.0697. The standard InChI is InChI=1S/C17H17ClO3/c1-11(2)12-4-3-5-15(8-12)21-10-14-7-6-13(17(19)20)9-16(14)18/h3-9,11H,10H2,1-2H3,(H,19,20). The summed E-state index contributed by atoms with van der Waals surface area (Å²) in [6.45, 7) is 4.56. The highest BCUT2D eigenvalue weighted by Gasteiger charge is 2.08. The Morgan fingerprint density at radius 3 is 2.62 bits per heavy atom. The minimum atomic E-state index is -0.992. The molecule has 0 unspecified atom stereocenters. The Kier molecular flexibility index (Phi) is 4.86. The van der Waals surface area contributed by atoms with Gasteiger partial charge in [-0.3, -0.25) is 0 Å². The fourth-order valence-corrected chi connectivity index (χ4v) is 2.16. The average Bonchev–Trinajstić information content (AvgIpc) is 2.46. The SMILES string of the molecule is CC(C)c1cccc(OCc2ccc(C(=O)O)cc2Cl)c1. The monoisotopic (exact) mass is 304 g/mol. The second-order valence-corrected chi connectivity index (χ2v) is 5.53. The number of hydrogen-bond acceptors (Lipinski definition) is 2. The van der Waals surface area contributed by atoms with E-state index in [2.05, 4.69) is 19.9 Å². The lowest BCUT2D eigenvalue weighted by atomic mass is 10.0. The molecular formula is C17H17ClO3. The van der Waals surface area contributed by atoms with Crippen LogP contribution in [0.5, 0.6) is 5.75 Å². The van der Waals surface area contributed by atoms with Gasteiger partial charge in [-0.05, 0) is 35.7 Å². The van der Waals surface area contributed by atoms with E-state index >= 15 is 0 Å². The van der Waals surface area contributed by atoms with E-state index < -0.39 is 5.97 Å². The molecule has 0 amide bonds. The Hall–Kier alpha value is -2.00. The van der Waals surface area contributed by atoms with Crippen LogP contribution >= 0.6 is 11.6 Å². The van der Waals surface area contributed by atoms with E-state index in [0.717, 1.165) is 11.3 Å². The van der Waals surface area contributed by atoms with E-state index in [-0.39, 0.29) is 5.56 Å². The Labute approximate surface area is 129 Å². The normalized spacial score (nSPS) is 10.7. The highest BCUT2D eigenvalue weighted by Crippen LogP contribution is 2.23. The van der Waals surface area contributed by atoms with Crippen LogP contribution in [-0.4, -0.2) is 11.1 Å². The van der Waals surface area contributed by atoms with Crippen molar-refractivity contribution in [1.29, 1.82) is 0 Å². The first-order valence-electron chi connectivity index (χ1n) is 6.72. The van der Waals surface area contributed by atoms with Crippen LogP contribution in [0.25, 0.3) is 0 Å². The molecule has 0 spiro atoms. The number of aromatic carboxylic acids is 1. The lowest BCUT2D eigenvalue weighted by Crippen LogP contribution is -2.00. The molecule has 0 radical (unpaired) electrons. The van der Waals surface area contributed by atoms with Crippen LogP contribution in [0.2, 0.25) is 5.02 Å². The summed E-state index contributed by atoms with van der Waals surface area (Å²) in [6.07, 6.45) is 0. The number of hydrogen-bond donors (Lipinski definition) is 1. The zero-order valence-corrected chi connectivity index (χ0v) is 12.7. The summed E-state index contributed by atoms with van der Waals surface area (Å²) in [4.78, 5) is 10.9. The molecule has 2 aromatic carbocycles. The number of carboxylic acid groups (broad SMARTS) is 1. The van der Waals surface area contributed by atoms with Gasteiger partial charge < -0.3 is 9.84 Å². The van der Waals surface area contributed by atoms with Gasteiger partial charge in [0.1, 0.15) is 12.4 Å². The molecule has 0 saturated carbocycles. The second kappa shape index (κ2) is 6.64. The summed E-state index contributed by atoms with van der Waals surface area (Å²) in [5, 5.41) is 9.30. The minimum absolute atomic E-state index is 0.172. The Bertz CT molecular complexity index is 650. The van der Waals surface area contributed by atoms with Crippen molar-refractivity contribution in [1.82, 2.24) is 0 Å². The van der Waals surface area contributed by atoms with Gasteiger partial charge in [-0.25, -0.2) is 4.79 Å². The average molecular weight is 305 g/mol. The molecule has 0 aliphatic rings. The fraction of sp³-hybridized carbons (Fsp3) is 0.235. The highest BCUT2D eigenvalue weighted by atomic mass is 35.5. The van der Waals surface area contributed by atoms with Gasteiger partial charge in [0.25, 0.3) is 0 Å². The maximum Gasteiger partial charge on any atom is 0.335 e. The van der Waals surface area contributed by atoms with Crippen molar-refractivity contribution >= 4 is 17.6 Å². The van der Waals surface area contributed by atoms with Crippen molar-refractivity contribution in [2.75, 3.05) is 0 Å². The number of ether oxygens (including phenoxy) is 1. The quantitative estimate of drug-likeness (QED) is 0.867. The van der Waals surface area contributed by atoms with Crippen LogP contribution in [0.3, 0.4) is 0 Å². The topological polar surface area (TPSA) is 46.5 Å². The molecule has 110 valence electrons. The number of benzene rings is 2. The molecule has 0 aromatic heterocycles. The first-order valence-corrected chi connectivity index (χ1v) is 7.09. The minimum Gasteiger partial charge on any atom is -0.489 e. The van der Waals surface area contributed by atoms with Gasteiger partial charge in [0.2, 0.25) is 0 Å². The van der Waals surface area contributed by atoms with Gasteiger partial charge in [-0.1, -0.05) is 43.6 Å². The molecular weight excluding hydrogens is 288 g/mol. The molecule has 2 rings (SSSR count). The number of carbonyl (C=O) groups is 1. The largest absolute Gasteiger partial charge is 0.489 e. The zero-order valence-electron chi connectivity index (χ0n) is 12.0. The van der Waals surface area contributed by atoms with Crippen molar-refractivity contribution < 1.29 is 14.6 Å². The van der Waals surface area contributed by atoms with Crippen molar-refractivity contribution in [2.24, 2.45) is 0 Å². The van der Waals surface area contributed by atoms with Crippen LogP contribution in [0.1, 0.15) is 41.3 Å². The molecule has 0 heterocycles. The smallest absolute Gasteiger partial charge is 0.335 e. The molecule has 21 heavy (non-hydrogen) atoms. The molecule has 4 heteroatoms. The zero-order chi connectivity index (χ0) is 15.4. The molecule has 0 fully saturated rings.